The second kappa shape index (κ2) is 8.33. The highest BCUT2D eigenvalue weighted by atomic mass is 16.5. The molecule has 0 saturated heterocycles. The number of carbonyl (C=O) groups is 2. The van der Waals surface area contributed by atoms with Crippen molar-refractivity contribution in [3.8, 4) is 11.5 Å². The van der Waals surface area contributed by atoms with E-state index in [0.717, 1.165) is 24.2 Å². The smallest absolute Gasteiger partial charge is 0.331 e. The summed E-state index contributed by atoms with van der Waals surface area (Å²) in [4.78, 5) is 24.5. The zero-order valence-electron chi connectivity index (χ0n) is 16.7. The molecule has 1 heterocycles. The van der Waals surface area contributed by atoms with E-state index in [1.54, 1.807) is 38.5 Å². The largest absolute Gasteiger partial charge is 0.497 e. The number of aryl methyl sites for hydroxylation is 1. The van der Waals surface area contributed by atoms with Gasteiger partial charge in [-0.2, -0.15) is 0 Å². The number of methoxy groups -OCH3 is 2. The Balaban J connectivity index is 1.61. The average Bonchev–Trinajstić information content (AvgIpc) is 3.48. The maximum absolute atomic E-state index is 12.5. The van der Waals surface area contributed by atoms with Gasteiger partial charge in [0.1, 0.15) is 11.5 Å². The number of aromatic nitrogens is 1. The molecule has 0 atom stereocenters. The lowest BCUT2D eigenvalue weighted by Crippen LogP contribution is -2.13. The van der Waals surface area contributed by atoms with Gasteiger partial charge < -0.3 is 18.8 Å². The molecular formula is C22H25NO5. The van der Waals surface area contributed by atoms with Gasteiger partial charge in [-0.3, -0.25) is 4.79 Å². The Morgan fingerprint density at radius 1 is 1.14 bits per heavy atom. The van der Waals surface area contributed by atoms with Crippen LogP contribution in [0.1, 0.15) is 46.2 Å². The molecule has 3 rings (SSSR count). The van der Waals surface area contributed by atoms with E-state index in [1.807, 2.05) is 19.9 Å². The van der Waals surface area contributed by atoms with Crippen molar-refractivity contribution < 1.29 is 23.8 Å². The zero-order chi connectivity index (χ0) is 20.3. The minimum atomic E-state index is -0.581. The van der Waals surface area contributed by atoms with E-state index in [4.69, 9.17) is 14.2 Å². The van der Waals surface area contributed by atoms with Crippen LogP contribution in [0.3, 0.4) is 0 Å². The van der Waals surface area contributed by atoms with Crippen LogP contribution in [0.25, 0.3) is 6.08 Å². The second-order valence-corrected chi connectivity index (χ2v) is 6.86. The molecule has 0 N–H and O–H groups in total. The summed E-state index contributed by atoms with van der Waals surface area (Å²) in [6, 6.07) is 7.66. The number of esters is 1. The van der Waals surface area contributed by atoms with Crippen molar-refractivity contribution in [3.05, 3.63) is 52.9 Å². The fourth-order valence-electron chi connectivity index (χ4n) is 3.33. The molecule has 6 heteroatoms. The van der Waals surface area contributed by atoms with Gasteiger partial charge in [-0.15, -0.1) is 0 Å². The van der Waals surface area contributed by atoms with Crippen molar-refractivity contribution in [3.63, 3.8) is 0 Å². The van der Waals surface area contributed by atoms with Gasteiger partial charge in [-0.1, -0.05) is 0 Å². The van der Waals surface area contributed by atoms with Gasteiger partial charge in [0.25, 0.3) is 0 Å². The maximum atomic E-state index is 12.5. The molecule has 1 aromatic carbocycles. The van der Waals surface area contributed by atoms with Crippen LogP contribution < -0.4 is 9.47 Å². The fourth-order valence-corrected chi connectivity index (χ4v) is 3.33. The predicted molar refractivity (Wildman–Crippen MR) is 106 cm³/mol. The molecule has 0 bridgehead atoms. The van der Waals surface area contributed by atoms with E-state index >= 15 is 0 Å². The minimum Gasteiger partial charge on any atom is -0.497 e. The molecule has 0 spiro atoms. The van der Waals surface area contributed by atoms with Gasteiger partial charge in [-0.25, -0.2) is 4.79 Å². The molecule has 1 saturated carbocycles. The van der Waals surface area contributed by atoms with Crippen molar-refractivity contribution in [2.24, 2.45) is 0 Å². The number of hydrogen-bond acceptors (Lipinski definition) is 5. The number of hydrogen-bond donors (Lipinski definition) is 0. The lowest BCUT2D eigenvalue weighted by Gasteiger charge is -2.08. The predicted octanol–water partition coefficient (Wildman–Crippen LogP) is 3.90. The minimum absolute atomic E-state index is 0.191. The Morgan fingerprint density at radius 2 is 1.89 bits per heavy atom. The van der Waals surface area contributed by atoms with E-state index in [1.165, 1.54) is 6.08 Å². The highest BCUT2D eigenvalue weighted by molar-refractivity contribution is 6.00. The average molecular weight is 383 g/mol. The summed E-state index contributed by atoms with van der Waals surface area (Å²) in [5.74, 6) is 0.462. The van der Waals surface area contributed by atoms with Crippen molar-refractivity contribution >= 4 is 17.8 Å². The fraction of sp³-hybridized carbons (Fsp3) is 0.364. The van der Waals surface area contributed by atoms with E-state index in [-0.39, 0.29) is 12.4 Å². The van der Waals surface area contributed by atoms with Crippen molar-refractivity contribution in [2.45, 2.75) is 32.7 Å². The summed E-state index contributed by atoms with van der Waals surface area (Å²) in [5, 5.41) is 0. The molecule has 0 unspecified atom stereocenters. The Kier molecular flexibility index (Phi) is 5.87. The zero-order valence-corrected chi connectivity index (χ0v) is 16.7. The molecule has 1 fully saturated rings. The highest BCUT2D eigenvalue weighted by Gasteiger charge is 2.28. The molecule has 0 amide bonds. The lowest BCUT2D eigenvalue weighted by molar-refractivity contribution is -0.136. The molecular weight excluding hydrogens is 358 g/mol. The van der Waals surface area contributed by atoms with E-state index in [2.05, 4.69) is 4.57 Å². The van der Waals surface area contributed by atoms with Crippen molar-refractivity contribution in [2.75, 3.05) is 20.8 Å². The third kappa shape index (κ3) is 4.27. The normalized spacial score (nSPS) is 13.6. The van der Waals surface area contributed by atoms with Gasteiger partial charge in [-0.05, 0) is 51.0 Å². The number of ketones is 1. The molecule has 148 valence electrons. The molecule has 2 aromatic rings. The molecule has 1 aromatic heterocycles. The van der Waals surface area contributed by atoms with Gasteiger partial charge in [0, 0.05) is 40.7 Å². The van der Waals surface area contributed by atoms with E-state index < -0.39 is 5.97 Å². The first kappa shape index (κ1) is 19.7. The molecule has 28 heavy (non-hydrogen) atoms. The molecule has 0 aliphatic heterocycles. The third-order valence-corrected chi connectivity index (χ3v) is 4.88. The van der Waals surface area contributed by atoms with E-state index in [9.17, 15) is 9.59 Å². The summed E-state index contributed by atoms with van der Waals surface area (Å²) < 4.78 is 17.8. The molecule has 1 aliphatic rings. The summed E-state index contributed by atoms with van der Waals surface area (Å²) in [5.41, 5.74) is 3.35. The number of nitrogens with zero attached hydrogens (tertiary/aromatic N) is 1. The second-order valence-electron chi connectivity index (χ2n) is 6.86. The van der Waals surface area contributed by atoms with Crippen molar-refractivity contribution in [1.29, 1.82) is 0 Å². The monoisotopic (exact) mass is 383 g/mol. The van der Waals surface area contributed by atoms with Crippen LogP contribution in [0.5, 0.6) is 11.5 Å². The van der Waals surface area contributed by atoms with Gasteiger partial charge in [0.15, 0.2) is 6.61 Å². The molecule has 0 radical (unpaired) electrons. The van der Waals surface area contributed by atoms with Crippen LogP contribution in [0, 0.1) is 13.8 Å². The topological polar surface area (TPSA) is 66.8 Å². The number of Topliss-reactive ketones (excluding diaryl/α,β-unsaturated/α-hetero) is 1. The van der Waals surface area contributed by atoms with Crippen molar-refractivity contribution in [1.82, 2.24) is 4.57 Å². The first-order chi connectivity index (χ1) is 13.4. The number of carbonyl (C=O) groups excluding carboxylic acids is 2. The standard InChI is InChI=1S/C22H25NO5/c1-14-11-19(15(2)23(14)17-7-8-17)20(24)13-28-22(25)10-6-16-5-9-18(26-3)12-21(16)27-4/h5-6,9-12,17H,7-8,13H2,1-4H3/b10-6+. The van der Waals surface area contributed by atoms with Crippen LogP contribution in [0.4, 0.5) is 0 Å². The Bertz CT molecular complexity index is 921. The quantitative estimate of drug-likeness (QED) is 0.393. The van der Waals surface area contributed by atoms with Crippen LogP contribution in [-0.2, 0) is 9.53 Å². The SMILES string of the molecule is COc1ccc(/C=C/C(=O)OCC(=O)c2cc(C)n(C3CC3)c2C)c(OC)c1. The Hall–Kier alpha value is -3.02. The maximum Gasteiger partial charge on any atom is 0.331 e. The van der Waals surface area contributed by atoms with E-state index in [0.29, 0.717) is 28.7 Å². The van der Waals surface area contributed by atoms with Crippen LogP contribution in [0.2, 0.25) is 0 Å². The highest BCUT2D eigenvalue weighted by Crippen LogP contribution is 2.38. The summed E-state index contributed by atoms with van der Waals surface area (Å²) in [7, 11) is 3.11. The van der Waals surface area contributed by atoms with Gasteiger partial charge >= 0.3 is 5.97 Å². The van der Waals surface area contributed by atoms with Crippen LogP contribution in [-0.4, -0.2) is 37.1 Å². The number of rotatable bonds is 8. The number of benzene rings is 1. The summed E-state index contributed by atoms with van der Waals surface area (Å²) >= 11 is 0. The Morgan fingerprint density at radius 3 is 2.54 bits per heavy atom. The Labute approximate surface area is 164 Å². The van der Waals surface area contributed by atoms with Gasteiger partial charge in [0.2, 0.25) is 5.78 Å². The third-order valence-electron chi connectivity index (χ3n) is 4.88. The summed E-state index contributed by atoms with van der Waals surface area (Å²) in [6.45, 7) is 3.66. The lowest BCUT2D eigenvalue weighted by atomic mass is 10.1. The first-order valence-electron chi connectivity index (χ1n) is 9.23. The molecule has 1 aliphatic carbocycles. The van der Waals surface area contributed by atoms with Crippen LogP contribution in [0.15, 0.2) is 30.3 Å². The number of ether oxygens (including phenoxy) is 3. The summed E-state index contributed by atoms with van der Waals surface area (Å²) in [6.07, 6.45) is 5.17. The van der Waals surface area contributed by atoms with Crippen LogP contribution >= 0.6 is 0 Å². The first-order valence-corrected chi connectivity index (χ1v) is 9.23. The van der Waals surface area contributed by atoms with Gasteiger partial charge in [0.05, 0.1) is 14.2 Å². The molecule has 6 nitrogen and oxygen atoms in total.